The largest absolute Gasteiger partial charge is 0.493 e. The van der Waals surface area contributed by atoms with Gasteiger partial charge in [-0.25, -0.2) is 4.79 Å². The summed E-state index contributed by atoms with van der Waals surface area (Å²) in [6.45, 7) is 3.88. The Kier molecular flexibility index (Phi) is 8.02. The second kappa shape index (κ2) is 11.1. The Morgan fingerprint density at radius 2 is 1.52 bits per heavy atom. The lowest BCUT2D eigenvalue weighted by atomic mass is 10.2. The first-order valence-corrected chi connectivity index (χ1v) is 10.5. The van der Waals surface area contributed by atoms with Gasteiger partial charge in [0.05, 0.1) is 27.0 Å². The zero-order valence-electron chi connectivity index (χ0n) is 19.5. The van der Waals surface area contributed by atoms with E-state index in [1.54, 1.807) is 19.2 Å². The second-order valence-electron chi connectivity index (χ2n) is 7.43. The third-order valence-corrected chi connectivity index (χ3v) is 4.90. The summed E-state index contributed by atoms with van der Waals surface area (Å²) < 4.78 is 27.9. The molecule has 0 saturated carbocycles. The molecule has 174 valence electrons. The molecule has 0 fully saturated rings. The summed E-state index contributed by atoms with van der Waals surface area (Å²) in [6.07, 6.45) is -0.509. The standard InChI is InChI=1S/C26H29NO6/c1-18(2)27(22-14-15-23(29-3)25(31-5)24(22)30-4)26(28)32-17-19-10-9-13-21(16-19)33-20-11-7-6-8-12-20/h6-16,18H,17H2,1-5H3. The number of hydrogen-bond donors (Lipinski definition) is 0. The first kappa shape index (κ1) is 23.8. The molecule has 0 unspecified atom stereocenters. The predicted octanol–water partition coefficient (Wildman–Crippen LogP) is 6.06. The maximum Gasteiger partial charge on any atom is 0.414 e. The topological polar surface area (TPSA) is 66.5 Å². The highest BCUT2D eigenvalue weighted by molar-refractivity contribution is 5.91. The number of hydrogen-bond acceptors (Lipinski definition) is 6. The van der Waals surface area contributed by atoms with E-state index in [9.17, 15) is 4.79 Å². The Morgan fingerprint density at radius 3 is 2.15 bits per heavy atom. The number of amides is 1. The van der Waals surface area contributed by atoms with E-state index in [0.717, 1.165) is 11.3 Å². The number of rotatable bonds is 9. The van der Waals surface area contributed by atoms with Gasteiger partial charge in [0.1, 0.15) is 18.1 Å². The van der Waals surface area contributed by atoms with Crippen molar-refractivity contribution in [2.24, 2.45) is 0 Å². The Morgan fingerprint density at radius 1 is 0.818 bits per heavy atom. The van der Waals surface area contributed by atoms with Crippen LogP contribution in [0.25, 0.3) is 0 Å². The smallest absolute Gasteiger partial charge is 0.414 e. The molecule has 0 atom stereocenters. The van der Waals surface area contributed by atoms with Crippen molar-refractivity contribution in [1.29, 1.82) is 0 Å². The van der Waals surface area contributed by atoms with Crippen LogP contribution in [0.5, 0.6) is 28.7 Å². The highest BCUT2D eigenvalue weighted by atomic mass is 16.6. The third-order valence-electron chi connectivity index (χ3n) is 4.90. The summed E-state index contributed by atoms with van der Waals surface area (Å²) in [5, 5.41) is 0. The van der Waals surface area contributed by atoms with Gasteiger partial charge in [0, 0.05) is 6.04 Å². The molecule has 3 rings (SSSR count). The van der Waals surface area contributed by atoms with E-state index in [1.165, 1.54) is 19.1 Å². The quantitative estimate of drug-likeness (QED) is 0.394. The molecule has 7 nitrogen and oxygen atoms in total. The zero-order chi connectivity index (χ0) is 23.8. The van der Waals surface area contributed by atoms with E-state index < -0.39 is 6.09 Å². The Balaban J connectivity index is 1.78. The monoisotopic (exact) mass is 451 g/mol. The number of benzene rings is 3. The van der Waals surface area contributed by atoms with Gasteiger partial charge in [0.2, 0.25) is 5.75 Å². The minimum Gasteiger partial charge on any atom is -0.493 e. The summed E-state index contributed by atoms with van der Waals surface area (Å²) in [4.78, 5) is 14.6. The zero-order valence-corrected chi connectivity index (χ0v) is 19.5. The molecule has 33 heavy (non-hydrogen) atoms. The average Bonchev–Trinajstić information content (AvgIpc) is 2.83. The van der Waals surface area contributed by atoms with Crippen LogP contribution in [-0.4, -0.2) is 33.5 Å². The van der Waals surface area contributed by atoms with Crippen molar-refractivity contribution < 1.29 is 28.5 Å². The fraction of sp³-hybridized carbons (Fsp3) is 0.269. The van der Waals surface area contributed by atoms with Crippen LogP contribution in [0.1, 0.15) is 19.4 Å². The van der Waals surface area contributed by atoms with Gasteiger partial charge < -0.3 is 23.7 Å². The molecule has 0 bridgehead atoms. The van der Waals surface area contributed by atoms with Gasteiger partial charge in [-0.1, -0.05) is 30.3 Å². The van der Waals surface area contributed by atoms with Gasteiger partial charge in [-0.2, -0.15) is 0 Å². The van der Waals surface area contributed by atoms with E-state index in [4.69, 9.17) is 23.7 Å². The first-order valence-electron chi connectivity index (χ1n) is 10.5. The maximum atomic E-state index is 13.1. The average molecular weight is 452 g/mol. The fourth-order valence-electron chi connectivity index (χ4n) is 3.40. The predicted molar refractivity (Wildman–Crippen MR) is 127 cm³/mol. The maximum absolute atomic E-state index is 13.1. The molecule has 0 spiro atoms. The van der Waals surface area contributed by atoms with E-state index in [-0.39, 0.29) is 12.6 Å². The van der Waals surface area contributed by atoms with Crippen LogP contribution in [0.15, 0.2) is 66.7 Å². The molecule has 0 N–H and O–H groups in total. The Hall–Kier alpha value is -3.87. The van der Waals surface area contributed by atoms with Crippen LogP contribution in [0.3, 0.4) is 0 Å². The number of ether oxygens (including phenoxy) is 5. The van der Waals surface area contributed by atoms with Gasteiger partial charge in [-0.3, -0.25) is 4.90 Å². The second-order valence-corrected chi connectivity index (χ2v) is 7.43. The van der Waals surface area contributed by atoms with Crippen LogP contribution in [0.4, 0.5) is 10.5 Å². The highest BCUT2D eigenvalue weighted by Crippen LogP contribution is 2.45. The highest BCUT2D eigenvalue weighted by Gasteiger charge is 2.27. The molecule has 0 aliphatic heterocycles. The summed E-state index contributed by atoms with van der Waals surface area (Å²) in [5.41, 5.74) is 1.33. The number of methoxy groups -OCH3 is 3. The molecule has 7 heteroatoms. The Bertz CT molecular complexity index is 1070. The van der Waals surface area contributed by atoms with Gasteiger partial charge in [-0.15, -0.1) is 0 Å². The van der Waals surface area contributed by atoms with Crippen molar-refractivity contribution in [3.63, 3.8) is 0 Å². The van der Waals surface area contributed by atoms with Crippen molar-refractivity contribution in [3.05, 3.63) is 72.3 Å². The molecule has 0 saturated heterocycles. The molecular formula is C26H29NO6. The summed E-state index contributed by atoms with van der Waals surface area (Å²) in [6, 6.07) is 20.2. The first-order chi connectivity index (χ1) is 16.0. The van der Waals surface area contributed by atoms with E-state index >= 15 is 0 Å². The summed E-state index contributed by atoms with van der Waals surface area (Å²) in [5.74, 6) is 2.70. The minimum absolute atomic E-state index is 0.0870. The number of carbonyl (C=O) groups is 1. The summed E-state index contributed by atoms with van der Waals surface area (Å²) in [7, 11) is 4.58. The molecule has 0 aromatic heterocycles. The van der Waals surface area contributed by atoms with E-state index in [0.29, 0.717) is 28.7 Å². The lowest BCUT2D eigenvalue weighted by molar-refractivity contribution is 0.145. The molecule has 0 aliphatic rings. The van der Waals surface area contributed by atoms with Crippen LogP contribution in [0.2, 0.25) is 0 Å². The molecule has 0 aliphatic carbocycles. The van der Waals surface area contributed by atoms with Crippen molar-refractivity contribution in [2.45, 2.75) is 26.5 Å². The van der Waals surface area contributed by atoms with Crippen molar-refractivity contribution >= 4 is 11.8 Å². The van der Waals surface area contributed by atoms with Crippen LogP contribution < -0.4 is 23.8 Å². The van der Waals surface area contributed by atoms with Gasteiger partial charge >= 0.3 is 6.09 Å². The SMILES string of the molecule is COc1ccc(N(C(=O)OCc2cccc(Oc3ccccc3)c2)C(C)C)c(OC)c1OC. The van der Waals surface area contributed by atoms with Crippen LogP contribution in [-0.2, 0) is 11.3 Å². The number of anilines is 1. The van der Waals surface area contributed by atoms with E-state index in [1.807, 2.05) is 68.4 Å². The normalized spacial score (nSPS) is 10.5. The van der Waals surface area contributed by atoms with Crippen LogP contribution >= 0.6 is 0 Å². The van der Waals surface area contributed by atoms with Gasteiger partial charge in [0.15, 0.2) is 11.5 Å². The van der Waals surface area contributed by atoms with Crippen molar-refractivity contribution in [3.8, 4) is 28.7 Å². The van der Waals surface area contributed by atoms with Gasteiger partial charge in [0.25, 0.3) is 0 Å². The fourth-order valence-corrected chi connectivity index (χ4v) is 3.40. The third kappa shape index (κ3) is 5.68. The van der Waals surface area contributed by atoms with Gasteiger partial charge in [-0.05, 0) is 55.8 Å². The number of carbonyl (C=O) groups excluding carboxylic acids is 1. The Labute approximate surface area is 194 Å². The molecular weight excluding hydrogens is 422 g/mol. The lowest BCUT2D eigenvalue weighted by Crippen LogP contribution is -2.37. The van der Waals surface area contributed by atoms with Crippen LogP contribution in [0, 0.1) is 0 Å². The molecule has 3 aromatic rings. The molecule has 0 heterocycles. The summed E-state index contributed by atoms with van der Waals surface area (Å²) >= 11 is 0. The van der Waals surface area contributed by atoms with Crippen molar-refractivity contribution in [1.82, 2.24) is 0 Å². The lowest BCUT2D eigenvalue weighted by Gasteiger charge is -2.28. The number of nitrogens with zero attached hydrogens (tertiary/aromatic N) is 1. The minimum atomic E-state index is -0.509. The van der Waals surface area contributed by atoms with E-state index in [2.05, 4.69) is 0 Å². The molecule has 3 aromatic carbocycles. The molecule has 0 radical (unpaired) electrons. The van der Waals surface area contributed by atoms with Crippen molar-refractivity contribution in [2.75, 3.05) is 26.2 Å². The molecule has 1 amide bonds. The number of para-hydroxylation sites is 1.